The summed E-state index contributed by atoms with van der Waals surface area (Å²) in [5.74, 6) is -0.0314. The largest absolute Gasteiger partial charge is 0.481 e. The molecule has 0 fully saturated rings. The fraction of sp³-hybridized carbons (Fsp3) is 0.900. The molecule has 0 aromatic heterocycles. The van der Waals surface area contributed by atoms with E-state index >= 15 is 0 Å². The van der Waals surface area contributed by atoms with Gasteiger partial charge in [-0.25, -0.2) is 0 Å². The number of hydrogen-bond acceptors (Lipinski definition) is 5. The van der Waals surface area contributed by atoms with Crippen molar-refractivity contribution in [3.63, 3.8) is 0 Å². The lowest BCUT2D eigenvalue weighted by molar-refractivity contribution is -0.145. The molecule has 6 heteroatoms. The molecule has 0 bridgehead atoms. The number of esters is 1. The zero-order valence-electron chi connectivity index (χ0n) is 17.2. The van der Waals surface area contributed by atoms with Crippen LogP contribution in [0.5, 0.6) is 0 Å². The third-order valence-corrected chi connectivity index (χ3v) is 4.50. The average molecular weight is 377 g/mol. The average Bonchev–Trinajstić information content (AvgIpc) is 2.57. The standard InChI is InChI=1S/C11H22O3.C9H18O3/c1-4-9(3)6-7-10(12)8-11(13)14-5-2;1-3-7(2)4-5-8(10)6-9(11)12/h9-10,12H,4-8H2,1-3H3;7-8,10H,3-6H2,1-2H3,(H,11,12)/t9-,10?;7-,8?/m00/s1. The highest BCUT2D eigenvalue weighted by Gasteiger charge is 2.12. The van der Waals surface area contributed by atoms with Gasteiger partial charge < -0.3 is 20.1 Å². The Kier molecular flexibility index (Phi) is 18.0. The molecular weight excluding hydrogens is 336 g/mol. The molecule has 0 aliphatic rings. The van der Waals surface area contributed by atoms with Crippen molar-refractivity contribution in [3.05, 3.63) is 0 Å². The summed E-state index contributed by atoms with van der Waals surface area (Å²) < 4.78 is 4.75. The summed E-state index contributed by atoms with van der Waals surface area (Å²) in [6.07, 6.45) is 4.16. The topological polar surface area (TPSA) is 104 Å². The van der Waals surface area contributed by atoms with Crippen LogP contribution in [-0.2, 0) is 14.3 Å². The van der Waals surface area contributed by atoms with Crippen LogP contribution in [0.25, 0.3) is 0 Å². The molecule has 0 radical (unpaired) electrons. The fourth-order valence-electron chi connectivity index (χ4n) is 2.18. The SMILES string of the molecule is CCOC(=O)CC(O)CC[C@@H](C)CC.CC[C@H](C)CCC(O)CC(=O)O. The van der Waals surface area contributed by atoms with E-state index in [1.54, 1.807) is 6.92 Å². The molecule has 4 atom stereocenters. The van der Waals surface area contributed by atoms with Crippen molar-refractivity contribution < 1.29 is 29.6 Å². The van der Waals surface area contributed by atoms with Crippen LogP contribution in [0.1, 0.15) is 86.0 Å². The molecule has 2 unspecified atom stereocenters. The van der Waals surface area contributed by atoms with E-state index in [0.29, 0.717) is 31.3 Å². The molecule has 0 heterocycles. The molecule has 0 amide bonds. The van der Waals surface area contributed by atoms with Gasteiger partial charge in [0.25, 0.3) is 0 Å². The summed E-state index contributed by atoms with van der Waals surface area (Å²) in [5.41, 5.74) is 0. The van der Waals surface area contributed by atoms with Crippen LogP contribution in [-0.4, -0.2) is 46.1 Å². The highest BCUT2D eigenvalue weighted by Crippen LogP contribution is 2.13. The van der Waals surface area contributed by atoms with Crippen molar-refractivity contribution in [1.82, 2.24) is 0 Å². The number of carbonyl (C=O) groups is 2. The van der Waals surface area contributed by atoms with Crippen molar-refractivity contribution in [2.75, 3.05) is 6.61 Å². The third kappa shape index (κ3) is 19.2. The second kappa shape index (κ2) is 17.3. The molecule has 0 aromatic rings. The second-order valence-corrected chi connectivity index (χ2v) is 7.10. The Morgan fingerprint density at radius 3 is 1.58 bits per heavy atom. The van der Waals surface area contributed by atoms with Crippen molar-refractivity contribution in [1.29, 1.82) is 0 Å². The number of aliphatic hydroxyl groups is 2. The first-order chi connectivity index (χ1) is 12.2. The molecule has 0 rings (SSSR count). The lowest BCUT2D eigenvalue weighted by atomic mass is 9.99. The van der Waals surface area contributed by atoms with Gasteiger partial charge in [0, 0.05) is 0 Å². The van der Waals surface area contributed by atoms with Gasteiger partial charge in [0.05, 0.1) is 31.7 Å². The quantitative estimate of drug-likeness (QED) is 0.423. The molecule has 0 aromatic carbocycles. The van der Waals surface area contributed by atoms with E-state index in [0.717, 1.165) is 25.7 Å². The van der Waals surface area contributed by atoms with E-state index in [1.165, 1.54) is 0 Å². The van der Waals surface area contributed by atoms with E-state index < -0.39 is 18.2 Å². The van der Waals surface area contributed by atoms with Gasteiger partial charge in [0.15, 0.2) is 0 Å². The van der Waals surface area contributed by atoms with E-state index in [2.05, 4.69) is 27.7 Å². The van der Waals surface area contributed by atoms with Gasteiger partial charge >= 0.3 is 11.9 Å². The maximum Gasteiger partial charge on any atom is 0.308 e. The minimum Gasteiger partial charge on any atom is -0.481 e. The predicted molar refractivity (Wildman–Crippen MR) is 103 cm³/mol. The Morgan fingerprint density at radius 2 is 1.23 bits per heavy atom. The smallest absolute Gasteiger partial charge is 0.308 e. The fourth-order valence-corrected chi connectivity index (χ4v) is 2.18. The van der Waals surface area contributed by atoms with Crippen LogP contribution in [0, 0.1) is 11.8 Å². The molecular formula is C20H40O6. The Bertz CT molecular complexity index is 358. The molecule has 0 saturated heterocycles. The molecule has 0 saturated carbocycles. The molecule has 0 aliphatic carbocycles. The zero-order chi connectivity index (χ0) is 20.5. The Hall–Kier alpha value is -1.14. The summed E-state index contributed by atoms with van der Waals surface area (Å²) in [6, 6.07) is 0. The summed E-state index contributed by atoms with van der Waals surface area (Å²) in [5, 5.41) is 27.0. The number of rotatable bonds is 13. The van der Waals surface area contributed by atoms with Crippen LogP contribution in [0.2, 0.25) is 0 Å². The second-order valence-electron chi connectivity index (χ2n) is 7.10. The number of ether oxygens (including phenoxy) is 1. The number of carboxylic acids is 1. The highest BCUT2D eigenvalue weighted by atomic mass is 16.5. The lowest BCUT2D eigenvalue weighted by Crippen LogP contribution is -2.16. The number of hydrogen-bond donors (Lipinski definition) is 3. The van der Waals surface area contributed by atoms with Crippen LogP contribution < -0.4 is 0 Å². The summed E-state index contributed by atoms with van der Waals surface area (Å²) in [6.45, 7) is 10.6. The predicted octanol–water partition coefficient (Wildman–Crippen LogP) is 3.78. The van der Waals surface area contributed by atoms with Gasteiger partial charge in [0.2, 0.25) is 0 Å². The summed E-state index contributed by atoms with van der Waals surface area (Å²) >= 11 is 0. The van der Waals surface area contributed by atoms with Crippen LogP contribution >= 0.6 is 0 Å². The molecule has 6 nitrogen and oxygen atoms in total. The molecule has 156 valence electrons. The van der Waals surface area contributed by atoms with Gasteiger partial charge in [-0.15, -0.1) is 0 Å². The summed E-state index contributed by atoms with van der Waals surface area (Å²) in [4.78, 5) is 21.1. The molecule has 3 N–H and O–H groups in total. The molecule has 0 aliphatic heterocycles. The van der Waals surface area contributed by atoms with Crippen molar-refractivity contribution in [2.45, 2.75) is 98.2 Å². The minimum atomic E-state index is -0.924. The third-order valence-electron chi connectivity index (χ3n) is 4.50. The zero-order valence-corrected chi connectivity index (χ0v) is 17.2. The van der Waals surface area contributed by atoms with Crippen LogP contribution in [0.15, 0.2) is 0 Å². The maximum atomic E-state index is 11.0. The van der Waals surface area contributed by atoms with E-state index in [9.17, 15) is 19.8 Å². The van der Waals surface area contributed by atoms with Crippen molar-refractivity contribution in [3.8, 4) is 0 Å². The molecule has 0 spiro atoms. The lowest BCUT2D eigenvalue weighted by Gasteiger charge is -2.12. The monoisotopic (exact) mass is 376 g/mol. The first-order valence-electron chi connectivity index (χ1n) is 9.89. The highest BCUT2D eigenvalue weighted by molar-refractivity contribution is 5.69. The Labute approximate surface area is 158 Å². The minimum absolute atomic E-state index is 0.129. The van der Waals surface area contributed by atoms with Crippen molar-refractivity contribution >= 4 is 11.9 Å². The van der Waals surface area contributed by atoms with Crippen LogP contribution in [0.3, 0.4) is 0 Å². The van der Waals surface area contributed by atoms with Gasteiger partial charge in [-0.3, -0.25) is 9.59 Å². The Balaban J connectivity index is 0. The van der Waals surface area contributed by atoms with Gasteiger partial charge in [-0.05, 0) is 44.4 Å². The number of aliphatic carboxylic acids is 1. The first-order valence-corrected chi connectivity index (χ1v) is 9.89. The van der Waals surface area contributed by atoms with E-state index in [-0.39, 0.29) is 18.8 Å². The van der Waals surface area contributed by atoms with Crippen molar-refractivity contribution in [2.24, 2.45) is 11.8 Å². The number of aliphatic hydroxyl groups excluding tert-OH is 2. The number of carbonyl (C=O) groups excluding carboxylic acids is 1. The summed E-state index contributed by atoms with van der Waals surface area (Å²) in [7, 11) is 0. The number of carboxylic acid groups (broad SMARTS) is 1. The molecule has 26 heavy (non-hydrogen) atoms. The Morgan fingerprint density at radius 1 is 0.808 bits per heavy atom. The van der Waals surface area contributed by atoms with E-state index in [1.807, 2.05) is 0 Å². The van der Waals surface area contributed by atoms with Gasteiger partial charge in [-0.1, -0.05) is 40.5 Å². The van der Waals surface area contributed by atoms with Gasteiger partial charge in [0.1, 0.15) is 0 Å². The first kappa shape index (κ1) is 27.1. The normalized spacial score (nSPS) is 15.2. The van der Waals surface area contributed by atoms with E-state index in [4.69, 9.17) is 9.84 Å². The maximum absolute atomic E-state index is 11.0. The van der Waals surface area contributed by atoms with Crippen LogP contribution in [0.4, 0.5) is 0 Å². The van der Waals surface area contributed by atoms with Gasteiger partial charge in [-0.2, -0.15) is 0 Å².